The molecule has 0 saturated carbocycles. The zero-order chi connectivity index (χ0) is 23.6. The van der Waals surface area contributed by atoms with E-state index in [2.05, 4.69) is 5.32 Å². The number of amides is 1. The molecule has 1 amide bonds. The average molecular weight is 483 g/mol. The molecule has 4 nitrogen and oxygen atoms in total. The topological polar surface area (TPSA) is 69.2 Å². The molecule has 1 heterocycles. The smallest absolute Gasteiger partial charge is 0.545 e. The molecule has 1 N–H and O–H groups in total. The normalized spacial score (nSPS) is 12.1. The van der Waals surface area contributed by atoms with Gasteiger partial charge in [0, 0.05) is 9.75 Å². The first-order valence-electron chi connectivity index (χ1n) is 9.84. The maximum atomic E-state index is 13.1. The van der Waals surface area contributed by atoms with Crippen LogP contribution in [-0.2, 0) is 12.6 Å². The van der Waals surface area contributed by atoms with Gasteiger partial charge in [-0.25, -0.2) is 0 Å². The molecule has 2 aromatic carbocycles. The van der Waals surface area contributed by atoms with Crippen molar-refractivity contribution in [2.24, 2.45) is 0 Å². The third kappa shape index (κ3) is 6.47. The number of halogens is 3. The van der Waals surface area contributed by atoms with Crippen molar-refractivity contribution in [2.45, 2.75) is 39.4 Å². The first kappa shape index (κ1) is 27.1. The van der Waals surface area contributed by atoms with E-state index in [1.54, 1.807) is 19.1 Å². The molecule has 0 spiro atoms. The number of benzene rings is 2. The molecule has 33 heavy (non-hydrogen) atoms. The minimum absolute atomic E-state index is 0. The van der Waals surface area contributed by atoms with Crippen LogP contribution >= 0.6 is 11.3 Å². The summed E-state index contributed by atoms with van der Waals surface area (Å²) < 4.78 is 38.5. The van der Waals surface area contributed by atoms with E-state index < -0.39 is 17.7 Å². The van der Waals surface area contributed by atoms with Gasteiger partial charge >= 0.3 is 35.7 Å². The number of hydrogen-bond donors (Lipinski definition) is 1. The second-order valence-corrected chi connectivity index (χ2v) is 8.97. The van der Waals surface area contributed by atoms with Gasteiger partial charge < -0.3 is 15.2 Å². The van der Waals surface area contributed by atoms with Crippen LogP contribution in [0.2, 0.25) is 0 Å². The van der Waals surface area contributed by atoms with Crippen molar-refractivity contribution in [3.05, 3.63) is 91.7 Å². The first-order chi connectivity index (χ1) is 15.0. The van der Waals surface area contributed by atoms with Crippen LogP contribution in [0.15, 0.2) is 48.5 Å². The fourth-order valence-corrected chi connectivity index (χ4v) is 4.59. The van der Waals surface area contributed by atoms with Crippen molar-refractivity contribution in [1.29, 1.82) is 0 Å². The van der Waals surface area contributed by atoms with E-state index >= 15 is 0 Å². The minimum atomic E-state index is -4.40. The molecule has 0 saturated heterocycles. The Morgan fingerprint density at radius 3 is 2.09 bits per heavy atom. The van der Waals surface area contributed by atoms with Gasteiger partial charge in [0.05, 0.1) is 23.1 Å². The van der Waals surface area contributed by atoms with Crippen LogP contribution in [0.25, 0.3) is 0 Å². The molecule has 3 rings (SSSR count). The maximum Gasteiger partial charge on any atom is 1.00 e. The molecule has 0 aliphatic rings. The standard InChI is InChI=1S/C24H22F3NO3S.Na/c1-13(17-6-8-18(9-7-17)23(30)31)28-22(29)21-15(3)32-14(2)20(21)12-16-4-10-19(11-5-16)24(25,26)27;/h4-11,13H,12H2,1-3H3,(H,28,29)(H,30,31);/q;+1/p-1/t13-;/m0./s1. The number of nitrogens with one attached hydrogen (secondary N) is 1. The summed E-state index contributed by atoms with van der Waals surface area (Å²) in [5.74, 6) is -1.56. The van der Waals surface area contributed by atoms with E-state index in [4.69, 9.17) is 0 Å². The third-order valence-corrected chi connectivity index (χ3v) is 6.33. The Bertz CT molecular complexity index is 1140. The quantitative estimate of drug-likeness (QED) is 0.544. The first-order valence-corrected chi connectivity index (χ1v) is 10.7. The van der Waals surface area contributed by atoms with Gasteiger partial charge in [0.15, 0.2) is 0 Å². The van der Waals surface area contributed by atoms with Crippen molar-refractivity contribution in [3.8, 4) is 0 Å². The number of aromatic carboxylic acids is 1. The fraction of sp³-hybridized carbons (Fsp3) is 0.250. The Morgan fingerprint density at radius 2 is 1.58 bits per heavy atom. The molecule has 0 unspecified atom stereocenters. The summed E-state index contributed by atoms with van der Waals surface area (Å²) in [6, 6.07) is 10.6. The second kappa shape index (κ2) is 10.9. The Hall–Kier alpha value is -2.13. The van der Waals surface area contributed by atoms with Crippen LogP contribution in [-0.4, -0.2) is 11.9 Å². The zero-order valence-electron chi connectivity index (χ0n) is 18.7. The number of aryl methyl sites for hydroxylation is 2. The maximum absolute atomic E-state index is 13.1. The van der Waals surface area contributed by atoms with E-state index in [1.165, 1.54) is 35.6 Å². The fourth-order valence-electron chi connectivity index (χ4n) is 3.52. The van der Waals surface area contributed by atoms with Gasteiger partial charge in [0.2, 0.25) is 0 Å². The number of carboxylic acid groups (broad SMARTS) is 1. The van der Waals surface area contributed by atoms with Crippen molar-refractivity contribution >= 4 is 23.2 Å². The number of thiophene rings is 1. The number of carbonyl (C=O) groups is 2. The average Bonchev–Trinajstić information content (AvgIpc) is 3.00. The van der Waals surface area contributed by atoms with Crippen LogP contribution in [0.1, 0.15) is 65.7 Å². The molecule has 1 atom stereocenters. The molecule has 0 radical (unpaired) electrons. The molecule has 0 aliphatic heterocycles. The number of hydrogen-bond acceptors (Lipinski definition) is 4. The molecule has 0 bridgehead atoms. The van der Waals surface area contributed by atoms with E-state index in [0.29, 0.717) is 17.5 Å². The van der Waals surface area contributed by atoms with Crippen molar-refractivity contribution in [3.63, 3.8) is 0 Å². The van der Waals surface area contributed by atoms with Gasteiger partial charge in [-0.15, -0.1) is 11.3 Å². The Balaban J connectivity index is 0.00000385. The zero-order valence-corrected chi connectivity index (χ0v) is 21.5. The monoisotopic (exact) mass is 483 g/mol. The molecular weight excluding hydrogens is 462 g/mol. The molecule has 0 fully saturated rings. The number of carboxylic acids is 1. The van der Waals surface area contributed by atoms with Crippen molar-refractivity contribution in [2.75, 3.05) is 0 Å². The summed E-state index contributed by atoms with van der Waals surface area (Å²) in [4.78, 5) is 25.7. The Morgan fingerprint density at radius 1 is 1.00 bits per heavy atom. The number of rotatable bonds is 6. The molecule has 0 aliphatic carbocycles. The Labute approximate surface area is 216 Å². The third-order valence-electron chi connectivity index (χ3n) is 5.27. The predicted molar refractivity (Wildman–Crippen MR) is 115 cm³/mol. The summed E-state index contributed by atoms with van der Waals surface area (Å²) in [5, 5.41) is 13.8. The molecule has 1 aromatic heterocycles. The molecule has 3 aromatic rings. The van der Waals surface area contributed by atoms with E-state index in [0.717, 1.165) is 33.0 Å². The van der Waals surface area contributed by atoms with Gasteiger partial charge in [-0.2, -0.15) is 13.2 Å². The van der Waals surface area contributed by atoms with Gasteiger partial charge in [-0.1, -0.05) is 36.4 Å². The van der Waals surface area contributed by atoms with Gasteiger partial charge in [-0.3, -0.25) is 4.79 Å². The van der Waals surface area contributed by atoms with Crippen molar-refractivity contribution < 1.29 is 57.4 Å². The SMILES string of the molecule is Cc1sc(C)c(C(=O)N[C@@H](C)c2ccc(C(=O)[O-])cc2)c1Cc1ccc(C(F)(F)F)cc1.[Na+]. The second-order valence-electron chi connectivity index (χ2n) is 7.54. The minimum Gasteiger partial charge on any atom is -0.545 e. The van der Waals surface area contributed by atoms with Crippen LogP contribution in [0, 0.1) is 13.8 Å². The summed E-state index contributed by atoms with van der Waals surface area (Å²) in [7, 11) is 0. The summed E-state index contributed by atoms with van der Waals surface area (Å²) in [6.07, 6.45) is -4.06. The van der Waals surface area contributed by atoms with Gasteiger partial charge in [0.25, 0.3) is 5.91 Å². The van der Waals surface area contributed by atoms with E-state index in [9.17, 15) is 27.9 Å². The van der Waals surface area contributed by atoms with Gasteiger partial charge in [-0.05, 0) is 61.6 Å². The number of alkyl halides is 3. The summed E-state index contributed by atoms with van der Waals surface area (Å²) >= 11 is 1.47. The van der Waals surface area contributed by atoms with Crippen LogP contribution < -0.4 is 40.0 Å². The van der Waals surface area contributed by atoms with E-state index in [-0.39, 0.29) is 47.1 Å². The predicted octanol–water partition coefficient (Wildman–Crippen LogP) is 1.83. The Kier molecular flexibility index (Phi) is 8.93. The summed E-state index contributed by atoms with van der Waals surface area (Å²) in [6.45, 7) is 5.51. The van der Waals surface area contributed by atoms with Crippen LogP contribution in [0.4, 0.5) is 13.2 Å². The summed E-state index contributed by atoms with van der Waals surface area (Å²) in [5.41, 5.74) is 2.05. The largest absolute Gasteiger partial charge is 1.00 e. The molecular formula is C24H21F3NNaO3S. The molecule has 9 heteroatoms. The van der Waals surface area contributed by atoms with Gasteiger partial charge in [0.1, 0.15) is 0 Å². The van der Waals surface area contributed by atoms with E-state index in [1.807, 2.05) is 13.8 Å². The molecule has 168 valence electrons. The number of carbonyl (C=O) groups excluding carboxylic acids is 2. The van der Waals surface area contributed by atoms with Crippen LogP contribution in [0.5, 0.6) is 0 Å². The van der Waals surface area contributed by atoms with Crippen LogP contribution in [0.3, 0.4) is 0 Å². The van der Waals surface area contributed by atoms with Crippen molar-refractivity contribution in [1.82, 2.24) is 5.32 Å².